The summed E-state index contributed by atoms with van der Waals surface area (Å²) in [6.45, 7) is 0. The average molecular weight is 77.1 g/mol. The lowest BCUT2D eigenvalue weighted by molar-refractivity contribution is -0.378. The highest BCUT2D eigenvalue weighted by molar-refractivity contribution is 4.63. The van der Waals surface area contributed by atoms with Gasteiger partial charge in [-0.25, -0.2) is 4.98 Å². The molecule has 0 spiro atoms. The summed E-state index contributed by atoms with van der Waals surface area (Å²) >= 11 is 0. The first-order chi connectivity index (χ1) is 3.00. The number of hydrogen-bond donors (Lipinski definition) is 0. The van der Waals surface area contributed by atoms with Gasteiger partial charge in [0, 0.05) is 0 Å². The van der Waals surface area contributed by atoms with Gasteiger partial charge in [-0.3, -0.25) is 0 Å². The van der Waals surface area contributed by atoms with Crippen molar-refractivity contribution in [1.29, 1.82) is 0 Å². The van der Waals surface area contributed by atoms with Crippen molar-refractivity contribution in [3.05, 3.63) is 30.6 Å². The average Bonchev–Trinajstić information content (AvgIpc) is 1.72. The van der Waals surface area contributed by atoms with E-state index in [2.05, 4.69) is 23.2 Å². The molecule has 1 radical (unpaired) electrons. The Hall–Kier alpha value is -1.03. The van der Waals surface area contributed by atoms with Crippen LogP contribution >= 0.6 is 0 Å². The quantitative estimate of drug-likeness (QED) is 0.410. The molecule has 0 aliphatic heterocycles. The molecule has 1 nitrogen and oxygen atoms in total. The normalized spacial score (nSPS) is 6.67. The van der Waals surface area contributed by atoms with Crippen LogP contribution in [0.4, 0.5) is 0 Å². The fraction of sp³-hybridized carbons (Fsp3) is 0. The van der Waals surface area contributed by atoms with Gasteiger partial charge >= 0.3 is 0 Å². The minimum atomic E-state index is 1.66. The van der Waals surface area contributed by atoms with Crippen LogP contribution in [0.5, 0.6) is 0 Å². The lowest BCUT2D eigenvalue weighted by Crippen LogP contribution is -1.93. The molecule has 1 N–H and O–H groups in total. The number of nitrogens with one attached hydrogen (secondary N) is 1. The molecule has 1 aromatic rings. The van der Waals surface area contributed by atoms with Crippen molar-refractivity contribution in [2.75, 3.05) is 0 Å². The number of aromatic nitrogens is 1. The third kappa shape index (κ3) is 0.467. The SMILES string of the molecule is c1[c]c[nH+]cc#1. The molecule has 0 atom stereocenters. The summed E-state index contributed by atoms with van der Waals surface area (Å²) in [4.78, 5) is 2.75. The second kappa shape index (κ2) is 1.42. The number of H-pyrrole nitrogens is 1. The fourth-order valence-corrected chi connectivity index (χ4v) is 0.239. The molecule has 1 aromatic heterocycles. The van der Waals surface area contributed by atoms with Crippen LogP contribution in [0.25, 0.3) is 0 Å². The van der Waals surface area contributed by atoms with Crippen LogP contribution in [0.3, 0.4) is 0 Å². The molecule has 6 heavy (non-hydrogen) atoms. The zero-order chi connectivity index (χ0) is 4.24. The van der Waals surface area contributed by atoms with Crippen LogP contribution in [0.2, 0.25) is 0 Å². The summed E-state index contributed by atoms with van der Waals surface area (Å²) in [7, 11) is 0. The van der Waals surface area contributed by atoms with Crippen molar-refractivity contribution < 1.29 is 4.98 Å². The minimum absolute atomic E-state index is 1.66. The maximum atomic E-state index is 2.75. The second-order valence-electron chi connectivity index (χ2n) is 0.869. The van der Waals surface area contributed by atoms with Crippen LogP contribution < -0.4 is 4.98 Å². The zero-order valence-corrected chi connectivity index (χ0v) is 3.15. The first-order valence-electron chi connectivity index (χ1n) is 1.65. The maximum Gasteiger partial charge on any atom is 0.218 e. The van der Waals surface area contributed by atoms with Crippen molar-refractivity contribution in [2.24, 2.45) is 0 Å². The predicted octanol–water partition coefficient (Wildman–Crippen LogP) is -0.0987. The van der Waals surface area contributed by atoms with E-state index in [9.17, 15) is 0 Å². The summed E-state index contributed by atoms with van der Waals surface area (Å²) in [6, 6.07) is 7.92. The Bertz CT molecular complexity index is 75.9. The molecule has 0 unspecified atom stereocenters. The van der Waals surface area contributed by atoms with Gasteiger partial charge in [0.05, 0.1) is 0 Å². The van der Waals surface area contributed by atoms with Gasteiger partial charge in [-0.05, 0) is 12.1 Å². The van der Waals surface area contributed by atoms with Gasteiger partial charge in [0.15, 0.2) is 6.20 Å². The maximum absolute atomic E-state index is 2.75. The number of hydrogen-bond acceptors (Lipinski definition) is 0. The van der Waals surface area contributed by atoms with E-state index in [1.165, 1.54) is 0 Å². The van der Waals surface area contributed by atoms with Gasteiger partial charge in [-0.2, -0.15) is 0 Å². The molecule has 0 saturated heterocycles. The van der Waals surface area contributed by atoms with E-state index >= 15 is 0 Å². The van der Waals surface area contributed by atoms with Gasteiger partial charge in [0.25, 0.3) is 0 Å². The molecule has 0 fully saturated rings. The van der Waals surface area contributed by atoms with Gasteiger partial charge < -0.3 is 0 Å². The van der Waals surface area contributed by atoms with Gasteiger partial charge in [-0.1, -0.05) is 0 Å². The van der Waals surface area contributed by atoms with E-state index in [1.54, 1.807) is 12.4 Å². The molecule has 0 saturated carbocycles. The van der Waals surface area contributed by atoms with E-state index < -0.39 is 0 Å². The molecule has 0 bridgehead atoms. The van der Waals surface area contributed by atoms with Crippen LogP contribution in [-0.4, -0.2) is 0 Å². The third-order valence-electron chi connectivity index (χ3n) is 0.455. The van der Waals surface area contributed by atoms with Crippen molar-refractivity contribution >= 4 is 0 Å². The third-order valence-corrected chi connectivity index (χ3v) is 0.455. The van der Waals surface area contributed by atoms with Crippen molar-refractivity contribution in [1.82, 2.24) is 0 Å². The fourth-order valence-electron chi connectivity index (χ4n) is 0.239. The van der Waals surface area contributed by atoms with Gasteiger partial charge in [0.2, 0.25) is 6.20 Å². The minimum Gasteiger partial charge on any atom is -0.209 e. The van der Waals surface area contributed by atoms with E-state index in [0.717, 1.165) is 0 Å². The largest absolute Gasteiger partial charge is 0.218 e. The molecule has 1 rings (SSSR count). The van der Waals surface area contributed by atoms with Crippen LogP contribution in [0, 0.1) is 18.2 Å². The highest BCUT2D eigenvalue weighted by atomic mass is 14.6. The first kappa shape index (κ1) is 3.17. The first-order valence-corrected chi connectivity index (χ1v) is 1.65. The highest BCUT2D eigenvalue weighted by Gasteiger charge is 1.62. The molecule has 27 valence electrons. The molecule has 1 heteroatoms. The molecule has 0 amide bonds. The highest BCUT2D eigenvalue weighted by Crippen LogP contribution is 1.53. The Kier molecular flexibility index (Phi) is 0.749. The van der Waals surface area contributed by atoms with Crippen molar-refractivity contribution in [3.63, 3.8) is 0 Å². The van der Waals surface area contributed by atoms with E-state index in [0.29, 0.717) is 0 Å². The molecule has 0 aromatic carbocycles. The predicted molar refractivity (Wildman–Crippen MR) is 19.5 cm³/mol. The van der Waals surface area contributed by atoms with E-state index in [-0.39, 0.29) is 0 Å². The Morgan fingerprint density at radius 2 is 2.33 bits per heavy atom. The topological polar surface area (TPSA) is 14.1 Å². The number of aromatic amines is 1. The number of rotatable bonds is 0. The van der Waals surface area contributed by atoms with Crippen molar-refractivity contribution in [3.8, 4) is 0 Å². The standard InChI is InChI=1S/C5H2N/c1-2-4-6-5-3-1/h4-5H/p+1. The second-order valence-corrected chi connectivity index (χ2v) is 0.869. The van der Waals surface area contributed by atoms with Crippen molar-refractivity contribution in [2.45, 2.75) is 0 Å². The molecular formula is C5H3N+. The van der Waals surface area contributed by atoms with Crippen LogP contribution in [0.15, 0.2) is 12.4 Å². The molecule has 0 aliphatic carbocycles. The summed E-state index contributed by atoms with van der Waals surface area (Å²) < 4.78 is 0. The Balaban J connectivity index is 3.00. The summed E-state index contributed by atoms with van der Waals surface area (Å²) in [5, 5.41) is 0. The van der Waals surface area contributed by atoms with Gasteiger partial charge in [-0.15, -0.1) is 0 Å². The Morgan fingerprint density at radius 1 is 1.33 bits per heavy atom. The monoisotopic (exact) mass is 77.0 g/mol. The molecule has 0 aliphatic rings. The van der Waals surface area contributed by atoms with Gasteiger partial charge in [0.1, 0.15) is 6.07 Å². The Labute approximate surface area is 36.7 Å². The summed E-state index contributed by atoms with van der Waals surface area (Å²) in [5.41, 5.74) is 0. The van der Waals surface area contributed by atoms with E-state index in [4.69, 9.17) is 0 Å². The molecular weight excluding hydrogens is 74.1 g/mol. The molecule has 1 heterocycles. The summed E-state index contributed by atoms with van der Waals surface area (Å²) in [6.07, 6.45) is 3.33. The van der Waals surface area contributed by atoms with Crippen LogP contribution in [-0.2, 0) is 0 Å². The van der Waals surface area contributed by atoms with E-state index in [1.807, 2.05) is 0 Å². The lowest BCUT2D eigenvalue weighted by atomic mass is 10.6. The summed E-state index contributed by atoms with van der Waals surface area (Å²) in [5.74, 6) is 0. The lowest BCUT2D eigenvalue weighted by Gasteiger charge is -1.53. The Morgan fingerprint density at radius 3 is 2.50 bits per heavy atom. The van der Waals surface area contributed by atoms with Crippen LogP contribution in [0.1, 0.15) is 0 Å². The smallest absolute Gasteiger partial charge is 0.209 e. The zero-order valence-electron chi connectivity index (χ0n) is 3.15.